The molecule has 2 heteroatoms. The topological polar surface area (TPSA) is 12.0 Å². The summed E-state index contributed by atoms with van der Waals surface area (Å²) in [4.78, 5) is 3.29. The second-order valence-electron chi connectivity index (χ2n) is 6.03. The molecule has 3 rings (SSSR count). The van der Waals surface area contributed by atoms with Crippen molar-refractivity contribution in [3.63, 3.8) is 0 Å². The van der Waals surface area contributed by atoms with Gasteiger partial charge in [0.2, 0.25) is 0 Å². The van der Waals surface area contributed by atoms with Gasteiger partial charge < -0.3 is 5.32 Å². The molecule has 0 radical (unpaired) electrons. The Morgan fingerprint density at radius 3 is 2.72 bits per heavy atom. The van der Waals surface area contributed by atoms with E-state index in [1.165, 1.54) is 57.8 Å². The highest BCUT2D eigenvalue weighted by Crippen LogP contribution is 2.38. The SMILES string of the molecule is CNC(CC1CCCC1)c1cc2c(s1)CCCC2. The molecule has 1 unspecified atom stereocenters. The lowest BCUT2D eigenvalue weighted by atomic mass is 9.95. The Morgan fingerprint density at radius 1 is 1.22 bits per heavy atom. The molecule has 0 amide bonds. The third-order valence-corrected chi connectivity index (χ3v) is 6.10. The van der Waals surface area contributed by atoms with Crippen LogP contribution in [0.15, 0.2) is 6.07 Å². The average molecular weight is 263 g/mol. The van der Waals surface area contributed by atoms with Gasteiger partial charge in [-0.15, -0.1) is 11.3 Å². The van der Waals surface area contributed by atoms with Crippen molar-refractivity contribution in [1.82, 2.24) is 5.32 Å². The maximum absolute atomic E-state index is 3.56. The van der Waals surface area contributed by atoms with Crippen LogP contribution in [0.4, 0.5) is 0 Å². The first-order valence-electron chi connectivity index (χ1n) is 7.65. The van der Waals surface area contributed by atoms with E-state index in [0.717, 1.165) is 5.92 Å². The van der Waals surface area contributed by atoms with E-state index < -0.39 is 0 Å². The Labute approximate surface area is 115 Å². The third-order valence-electron chi connectivity index (χ3n) is 4.75. The summed E-state index contributed by atoms with van der Waals surface area (Å²) in [6.07, 6.45) is 12.7. The molecule has 0 bridgehead atoms. The third kappa shape index (κ3) is 2.65. The normalized spacial score (nSPS) is 22.1. The first-order chi connectivity index (χ1) is 8.86. The van der Waals surface area contributed by atoms with Gasteiger partial charge in [-0.05, 0) is 56.7 Å². The van der Waals surface area contributed by atoms with Crippen LogP contribution in [-0.2, 0) is 12.8 Å². The van der Waals surface area contributed by atoms with Gasteiger partial charge in [0, 0.05) is 15.8 Å². The molecule has 1 fully saturated rings. The van der Waals surface area contributed by atoms with Crippen molar-refractivity contribution in [3.05, 3.63) is 21.4 Å². The van der Waals surface area contributed by atoms with E-state index in [-0.39, 0.29) is 0 Å². The molecule has 2 aliphatic carbocycles. The van der Waals surface area contributed by atoms with E-state index in [4.69, 9.17) is 0 Å². The van der Waals surface area contributed by atoms with Crippen molar-refractivity contribution < 1.29 is 0 Å². The zero-order chi connectivity index (χ0) is 12.4. The summed E-state index contributed by atoms with van der Waals surface area (Å²) in [7, 11) is 2.14. The predicted octanol–water partition coefficient (Wildman–Crippen LogP) is 4.47. The Bertz CT molecular complexity index is 366. The molecule has 1 heterocycles. The minimum atomic E-state index is 0.615. The molecule has 100 valence electrons. The summed E-state index contributed by atoms with van der Waals surface area (Å²) in [5.74, 6) is 0.974. The van der Waals surface area contributed by atoms with Crippen LogP contribution in [0.25, 0.3) is 0 Å². The van der Waals surface area contributed by atoms with E-state index in [2.05, 4.69) is 29.8 Å². The number of fused-ring (bicyclic) bond motifs is 1. The minimum absolute atomic E-state index is 0.615. The molecular formula is C16H25NS. The van der Waals surface area contributed by atoms with E-state index in [9.17, 15) is 0 Å². The van der Waals surface area contributed by atoms with Crippen LogP contribution in [0.3, 0.4) is 0 Å². The van der Waals surface area contributed by atoms with Gasteiger partial charge in [-0.2, -0.15) is 0 Å². The standard InChI is InChI=1S/C16H25NS/c1-17-14(10-12-6-2-3-7-12)16-11-13-8-4-5-9-15(13)18-16/h11-12,14,17H,2-10H2,1H3. The molecule has 0 saturated heterocycles. The molecule has 18 heavy (non-hydrogen) atoms. The Kier molecular flexibility index (Phi) is 4.05. The molecule has 0 spiro atoms. The molecule has 1 saturated carbocycles. The molecule has 1 atom stereocenters. The fourth-order valence-corrected chi connectivity index (χ4v) is 5.02. The van der Waals surface area contributed by atoms with Crippen LogP contribution < -0.4 is 5.32 Å². The lowest BCUT2D eigenvalue weighted by Gasteiger charge is -2.18. The van der Waals surface area contributed by atoms with Gasteiger partial charge in [-0.25, -0.2) is 0 Å². The van der Waals surface area contributed by atoms with Gasteiger partial charge in [0.25, 0.3) is 0 Å². The lowest BCUT2D eigenvalue weighted by Crippen LogP contribution is -2.18. The van der Waals surface area contributed by atoms with Crippen molar-refractivity contribution in [2.24, 2.45) is 5.92 Å². The average Bonchev–Trinajstić information content (AvgIpc) is 3.04. The smallest absolute Gasteiger partial charge is 0.0415 e. The Hall–Kier alpha value is -0.340. The second kappa shape index (κ2) is 5.75. The number of aryl methyl sites for hydroxylation is 2. The van der Waals surface area contributed by atoms with E-state index in [1.807, 2.05) is 0 Å². The number of rotatable bonds is 4. The van der Waals surface area contributed by atoms with E-state index in [0.29, 0.717) is 6.04 Å². The van der Waals surface area contributed by atoms with Crippen LogP contribution in [0.2, 0.25) is 0 Å². The highest BCUT2D eigenvalue weighted by molar-refractivity contribution is 7.12. The molecule has 1 N–H and O–H groups in total. The largest absolute Gasteiger partial charge is 0.312 e. The quantitative estimate of drug-likeness (QED) is 0.845. The highest BCUT2D eigenvalue weighted by Gasteiger charge is 2.23. The minimum Gasteiger partial charge on any atom is -0.312 e. The van der Waals surface area contributed by atoms with Crippen molar-refractivity contribution >= 4 is 11.3 Å². The maximum Gasteiger partial charge on any atom is 0.0415 e. The number of nitrogens with one attached hydrogen (secondary N) is 1. The van der Waals surface area contributed by atoms with Gasteiger partial charge in [0.05, 0.1) is 0 Å². The van der Waals surface area contributed by atoms with Crippen molar-refractivity contribution in [3.8, 4) is 0 Å². The summed E-state index contributed by atoms with van der Waals surface area (Å²) in [6, 6.07) is 3.12. The Balaban J connectivity index is 1.71. The maximum atomic E-state index is 3.56. The van der Waals surface area contributed by atoms with Crippen LogP contribution in [0, 0.1) is 5.92 Å². The summed E-state index contributed by atoms with van der Waals surface area (Å²) in [5, 5.41) is 3.56. The van der Waals surface area contributed by atoms with Crippen LogP contribution >= 0.6 is 11.3 Å². The van der Waals surface area contributed by atoms with Crippen LogP contribution in [0.5, 0.6) is 0 Å². The van der Waals surface area contributed by atoms with Crippen molar-refractivity contribution in [2.45, 2.75) is 63.8 Å². The number of thiophene rings is 1. The lowest BCUT2D eigenvalue weighted by molar-refractivity contribution is 0.417. The summed E-state index contributed by atoms with van der Waals surface area (Å²) in [5.41, 5.74) is 1.66. The van der Waals surface area contributed by atoms with Crippen molar-refractivity contribution in [1.29, 1.82) is 0 Å². The molecule has 0 aromatic carbocycles. The fourth-order valence-electron chi connectivity index (χ4n) is 3.64. The van der Waals surface area contributed by atoms with Crippen LogP contribution in [0.1, 0.15) is 66.3 Å². The van der Waals surface area contributed by atoms with Gasteiger partial charge in [-0.3, -0.25) is 0 Å². The number of hydrogen-bond acceptors (Lipinski definition) is 2. The first-order valence-corrected chi connectivity index (χ1v) is 8.47. The van der Waals surface area contributed by atoms with E-state index in [1.54, 1.807) is 15.3 Å². The summed E-state index contributed by atoms with van der Waals surface area (Å²) < 4.78 is 0. The monoisotopic (exact) mass is 263 g/mol. The first kappa shape index (κ1) is 12.7. The predicted molar refractivity (Wildman–Crippen MR) is 79.3 cm³/mol. The molecular weight excluding hydrogens is 238 g/mol. The van der Waals surface area contributed by atoms with Gasteiger partial charge in [-0.1, -0.05) is 25.7 Å². The zero-order valence-electron chi connectivity index (χ0n) is 11.5. The Morgan fingerprint density at radius 2 is 2.00 bits per heavy atom. The molecule has 0 aliphatic heterocycles. The second-order valence-corrected chi connectivity index (χ2v) is 7.20. The fraction of sp³-hybridized carbons (Fsp3) is 0.750. The summed E-state index contributed by atoms with van der Waals surface area (Å²) in [6.45, 7) is 0. The van der Waals surface area contributed by atoms with Gasteiger partial charge in [0.15, 0.2) is 0 Å². The highest BCUT2D eigenvalue weighted by atomic mass is 32.1. The number of hydrogen-bond donors (Lipinski definition) is 1. The molecule has 1 aromatic rings. The summed E-state index contributed by atoms with van der Waals surface area (Å²) >= 11 is 2.09. The van der Waals surface area contributed by atoms with Gasteiger partial charge in [0.1, 0.15) is 0 Å². The van der Waals surface area contributed by atoms with Gasteiger partial charge >= 0.3 is 0 Å². The van der Waals surface area contributed by atoms with E-state index >= 15 is 0 Å². The van der Waals surface area contributed by atoms with Crippen LogP contribution in [-0.4, -0.2) is 7.05 Å². The zero-order valence-corrected chi connectivity index (χ0v) is 12.3. The molecule has 1 aromatic heterocycles. The molecule has 2 aliphatic rings. The van der Waals surface area contributed by atoms with Crippen molar-refractivity contribution in [2.75, 3.05) is 7.05 Å². The molecule has 1 nitrogen and oxygen atoms in total.